The summed E-state index contributed by atoms with van der Waals surface area (Å²) in [6, 6.07) is 7.11. The molecule has 1 nitrogen and oxygen atoms in total. The summed E-state index contributed by atoms with van der Waals surface area (Å²) in [6.45, 7) is 1.07. The highest BCUT2D eigenvalue weighted by atomic mass is 19.1. The van der Waals surface area contributed by atoms with Crippen LogP contribution in [0.2, 0.25) is 0 Å². The molecule has 0 amide bonds. The normalized spacial score (nSPS) is 29.7. The van der Waals surface area contributed by atoms with Crippen molar-refractivity contribution in [3.63, 3.8) is 0 Å². The van der Waals surface area contributed by atoms with Gasteiger partial charge in [0.1, 0.15) is 5.82 Å². The minimum Gasteiger partial charge on any atom is -0.309 e. The van der Waals surface area contributed by atoms with Crippen LogP contribution in [0.15, 0.2) is 30.3 Å². The third-order valence-corrected chi connectivity index (χ3v) is 4.62. The van der Waals surface area contributed by atoms with Crippen LogP contribution in [0.5, 0.6) is 0 Å². The summed E-state index contributed by atoms with van der Waals surface area (Å²) in [5.74, 6) is 1.95. The molecule has 0 aliphatic heterocycles. The number of nitrogens with zero attached hydrogens (tertiary/aromatic N) is 1. The Balaban J connectivity index is 1.96. The minimum atomic E-state index is -0.125. The number of fused-ring (bicyclic) bond motifs is 2. The van der Waals surface area contributed by atoms with Crippen LogP contribution in [0.3, 0.4) is 0 Å². The van der Waals surface area contributed by atoms with Crippen molar-refractivity contribution in [2.45, 2.75) is 19.3 Å². The molecule has 0 aromatic heterocycles. The predicted octanol–water partition coefficient (Wildman–Crippen LogP) is 3.82. The van der Waals surface area contributed by atoms with Crippen LogP contribution in [0.25, 0.3) is 5.57 Å². The molecule has 1 aromatic rings. The summed E-state index contributed by atoms with van der Waals surface area (Å²) < 4.78 is 13.5. The second kappa shape index (κ2) is 5.09. The molecule has 0 radical (unpaired) electrons. The van der Waals surface area contributed by atoms with Crippen LogP contribution in [0, 0.1) is 23.6 Å². The average molecular weight is 259 g/mol. The van der Waals surface area contributed by atoms with Gasteiger partial charge < -0.3 is 4.90 Å². The highest BCUT2D eigenvalue weighted by molar-refractivity contribution is 5.69. The standard InChI is InChI=1S/C17H22FN/c1-19(2)11-17-14-7-6-12(8-14)9-16(17)13-4-3-5-15(18)10-13/h3-5,9-10,12,14,17H,6-8,11H2,1-2H3/t12-,14+,17+/m1/s1. The molecule has 3 atom stereocenters. The van der Waals surface area contributed by atoms with E-state index in [2.05, 4.69) is 31.1 Å². The smallest absolute Gasteiger partial charge is 0.123 e. The largest absolute Gasteiger partial charge is 0.309 e. The zero-order valence-electron chi connectivity index (χ0n) is 11.8. The van der Waals surface area contributed by atoms with Gasteiger partial charge in [-0.2, -0.15) is 0 Å². The van der Waals surface area contributed by atoms with Gasteiger partial charge in [-0.1, -0.05) is 18.2 Å². The fourth-order valence-electron chi connectivity index (χ4n) is 3.82. The van der Waals surface area contributed by atoms with Crippen molar-refractivity contribution < 1.29 is 4.39 Å². The van der Waals surface area contributed by atoms with Crippen molar-refractivity contribution in [3.05, 3.63) is 41.7 Å². The fraction of sp³-hybridized carbons (Fsp3) is 0.529. The van der Waals surface area contributed by atoms with E-state index >= 15 is 0 Å². The Morgan fingerprint density at radius 2 is 2.11 bits per heavy atom. The molecule has 102 valence electrons. The van der Waals surface area contributed by atoms with E-state index in [-0.39, 0.29) is 5.82 Å². The van der Waals surface area contributed by atoms with Gasteiger partial charge >= 0.3 is 0 Å². The van der Waals surface area contributed by atoms with E-state index in [0.29, 0.717) is 5.92 Å². The van der Waals surface area contributed by atoms with E-state index < -0.39 is 0 Å². The maximum atomic E-state index is 13.5. The van der Waals surface area contributed by atoms with Crippen molar-refractivity contribution in [2.24, 2.45) is 17.8 Å². The van der Waals surface area contributed by atoms with E-state index in [4.69, 9.17) is 0 Å². The van der Waals surface area contributed by atoms with Crippen LogP contribution in [-0.4, -0.2) is 25.5 Å². The van der Waals surface area contributed by atoms with Crippen molar-refractivity contribution >= 4 is 5.57 Å². The molecule has 0 saturated heterocycles. The average Bonchev–Trinajstić information content (AvgIpc) is 2.75. The zero-order valence-corrected chi connectivity index (χ0v) is 11.8. The lowest BCUT2D eigenvalue weighted by atomic mass is 9.76. The number of halogens is 1. The van der Waals surface area contributed by atoms with Crippen LogP contribution in [0.1, 0.15) is 24.8 Å². The second-order valence-corrected chi connectivity index (χ2v) is 6.33. The summed E-state index contributed by atoms with van der Waals surface area (Å²) in [5.41, 5.74) is 2.47. The first-order chi connectivity index (χ1) is 9.13. The van der Waals surface area contributed by atoms with Crippen LogP contribution in [0.4, 0.5) is 4.39 Å². The third-order valence-electron chi connectivity index (χ3n) is 4.62. The quantitative estimate of drug-likeness (QED) is 0.797. The lowest BCUT2D eigenvalue weighted by molar-refractivity contribution is 0.289. The van der Waals surface area contributed by atoms with Gasteiger partial charge in [-0.25, -0.2) is 4.39 Å². The summed E-state index contributed by atoms with van der Waals surface area (Å²) in [6.07, 6.45) is 6.40. The van der Waals surface area contributed by atoms with Gasteiger partial charge in [0, 0.05) is 6.54 Å². The molecular formula is C17H22FN. The first kappa shape index (κ1) is 12.9. The monoisotopic (exact) mass is 259 g/mol. The first-order valence-corrected chi connectivity index (χ1v) is 7.26. The Hall–Kier alpha value is -1.15. The first-order valence-electron chi connectivity index (χ1n) is 7.26. The molecule has 2 heteroatoms. The maximum absolute atomic E-state index is 13.5. The third kappa shape index (κ3) is 2.59. The van der Waals surface area contributed by atoms with Gasteiger partial charge in [0.15, 0.2) is 0 Å². The van der Waals surface area contributed by atoms with E-state index in [1.807, 2.05) is 6.07 Å². The predicted molar refractivity (Wildman–Crippen MR) is 77.3 cm³/mol. The topological polar surface area (TPSA) is 3.24 Å². The van der Waals surface area contributed by atoms with Crippen molar-refractivity contribution in [1.82, 2.24) is 4.90 Å². The molecule has 19 heavy (non-hydrogen) atoms. The second-order valence-electron chi connectivity index (χ2n) is 6.33. The molecular weight excluding hydrogens is 237 g/mol. The lowest BCUT2D eigenvalue weighted by Gasteiger charge is -2.32. The Labute approximate surface area is 115 Å². The van der Waals surface area contributed by atoms with Crippen molar-refractivity contribution in [2.75, 3.05) is 20.6 Å². The molecule has 2 aliphatic rings. The Kier molecular flexibility index (Phi) is 3.44. The van der Waals surface area contributed by atoms with E-state index in [1.165, 1.54) is 30.9 Å². The number of benzene rings is 1. The van der Waals surface area contributed by atoms with Gasteiger partial charge in [-0.05, 0) is 74.4 Å². The van der Waals surface area contributed by atoms with E-state index in [1.54, 1.807) is 6.07 Å². The van der Waals surface area contributed by atoms with Gasteiger partial charge in [0.2, 0.25) is 0 Å². The van der Waals surface area contributed by atoms with E-state index in [0.717, 1.165) is 23.9 Å². The molecule has 1 aromatic carbocycles. The SMILES string of the molecule is CN(C)C[C@@H]1C(c2cccc(F)c2)=C[C@@H]2CC[C@H]1C2. The summed E-state index contributed by atoms with van der Waals surface area (Å²) in [4.78, 5) is 2.26. The molecule has 0 N–H and O–H groups in total. The van der Waals surface area contributed by atoms with Gasteiger partial charge in [0.05, 0.1) is 0 Å². The van der Waals surface area contributed by atoms with Crippen molar-refractivity contribution in [1.29, 1.82) is 0 Å². The highest BCUT2D eigenvalue weighted by Gasteiger charge is 2.37. The molecule has 0 heterocycles. The fourth-order valence-corrected chi connectivity index (χ4v) is 3.82. The number of rotatable bonds is 3. The summed E-state index contributed by atoms with van der Waals surface area (Å²) in [5, 5.41) is 0. The van der Waals surface area contributed by atoms with Crippen LogP contribution >= 0.6 is 0 Å². The maximum Gasteiger partial charge on any atom is 0.123 e. The van der Waals surface area contributed by atoms with Gasteiger partial charge in [-0.15, -0.1) is 0 Å². The lowest BCUT2D eigenvalue weighted by Crippen LogP contribution is -2.29. The van der Waals surface area contributed by atoms with Gasteiger partial charge in [-0.3, -0.25) is 0 Å². The Bertz CT molecular complexity index is 492. The minimum absolute atomic E-state index is 0.125. The molecule has 0 unspecified atom stereocenters. The zero-order chi connectivity index (χ0) is 13.4. The van der Waals surface area contributed by atoms with Crippen molar-refractivity contribution in [3.8, 4) is 0 Å². The Morgan fingerprint density at radius 1 is 1.26 bits per heavy atom. The Morgan fingerprint density at radius 3 is 2.84 bits per heavy atom. The molecule has 2 bridgehead atoms. The molecule has 1 saturated carbocycles. The number of hydrogen-bond acceptors (Lipinski definition) is 1. The summed E-state index contributed by atoms with van der Waals surface area (Å²) in [7, 11) is 4.26. The number of allylic oxidation sites excluding steroid dienone is 1. The molecule has 1 fully saturated rings. The molecule has 2 aliphatic carbocycles. The highest BCUT2D eigenvalue weighted by Crippen LogP contribution is 2.47. The molecule has 0 spiro atoms. The summed E-state index contributed by atoms with van der Waals surface area (Å²) >= 11 is 0. The van der Waals surface area contributed by atoms with Crippen LogP contribution < -0.4 is 0 Å². The van der Waals surface area contributed by atoms with Crippen LogP contribution in [-0.2, 0) is 0 Å². The van der Waals surface area contributed by atoms with Gasteiger partial charge in [0.25, 0.3) is 0 Å². The molecule has 3 rings (SSSR count). The van der Waals surface area contributed by atoms with E-state index in [9.17, 15) is 4.39 Å². The number of hydrogen-bond donors (Lipinski definition) is 0.